The Morgan fingerprint density at radius 1 is 1.18 bits per heavy atom. The standard InChI is InChI=1S/C14H18ClF3N4/c1-20-2-3-21-4-5-22(9-11(21)8-20)13-12(15)6-10(7-19-13)14(16,17)18/h6-7,11H,2-5,8-9H2,1H3. The second kappa shape index (κ2) is 5.86. The van der Waals surface area contributed by atoms with Crippen LogP contribution >= 0.6 is 11.6 Å². The van der Waals surface area contributed by atoms with E-state index in [-0.39, 0.29) is 5.02 Å². The normalized spacial score (nSPS) is 24.4. The lowest BCUT2D eigenvalue weighted by Crippen LogP contribution is -2.61. The lowest BCUT2D eigenvalue weighted by atomic mass is 10.1. The Morgan fingerprint density at radius 3 is 2.59 bits per heavy atom. The van der Waals surface area contributed by atoms with E-state index in [0.29, 0.717) is 11.9 Å². The van der Waals surface area contributed by atoms with E-state index in [2.05, 4.69) is 21.8 Å². The molecule has 22 heavy (non-hydrogen) atoms. The molecule has 0 radical (unpaired) electrons. The van der Waals surface area contributed by atoms with Crippen LogP contribution in [0.1, 0.15) is 5.56 Å². The van der Waals surface area contributed by atoms with Crippen molar-refractivity contribution in [2.24, 2.45) is 0 Å². The predicted molar refractivity (Wildman–Crippen MR) is 79.3 cm³/mol. The highest BCUT2D eigenvalue weighted by Gasteiger charge is 2.34. The van der Waals surface area contributed by atoms with Crippen molar-refractivity contribution in [1.29, 1.82) is 0 Å². The molecule has 1 atom stereocenters. The number of nitrogens with zero attached hydrogens (tertiary/aromatic N) is 4. The summed E-state index contributed by atoms with van der Waals surface area (Å²) >= 11 is 6.04. The van der Waals surface area contributed by atoms with E-state index < -0.39 is 11.7 Å². The molecule has 0 aromatic carbocycles. The molecule has 3 heterocycles. The summed E-state index contributed by atoms with van der Waals surface area (Å²) in [5, 5.41) is 0.0624. The van der Waals surface area contributed by atoms with Crippen molar-refractivity contribution in [2.45, 2.75) is 12.2 Å². The van der Waals surface area contributed by atoms with E-state index in [1.807, 2.05) is 4.90 Å². The van der Waals surface area contributed by atoms with Crippen LogP contribution in [-0.2, 0) is 6.18 Å². The maximum absolute atomic E-state index is 12.7. The summed E-state index contributed by atoms with van der Waals surface area (Å²) in [6.45, 7) is 5.39. The Bertz CT molecular complexity index is 551. The van der Waals surface area contributed by atoms with Crippen molar-refractivity contribution in [2.75, 3.05) is 51.2 Å². The fraction of sp³-hybridized carbons (Fsp3) is 0.643. The molecule has 2 saturated heterocycles. The van der Waals surface area contributed by atoms with E-state index in [9.17, 15) is 13.2 Å². The van der Waals surface area contributed by atoms with Crippen LogP contribution in [-0.4, -0.2) is 67.1 Å². The maximum atomic E-state index is 12.7. The highest BCUT2D eigenvalue weighted by atomic mass is 35.5. The SMILES string of the molecule is CN1CCN2CCN(c3ncc(C(F)(F)F)cc3Cl)CC2C1. The Morgan fingerprint density at radius 2 is 1.91 bits per heavy atom. The van der Waals surface area contributed by atoms with Crippen molar-refractivity contribution in [3.05, 3.63) is 22.8 Å². The molecule has 2 fully saturated rings. The third kappa shape index (κ3) is 3.16. The molecule has 0 aliphatic carbocycles. The minimum atomic E-state index is -4.42. The molecule has 1 unspecified atom stereocenters. The van der Waals surface area contributed by atoms with Gasteiger partial charge >= 0.3 is 6.18 Å². The summed E-state index contributed by atoms with van der Waals surface area (Å²) < 4.78 is 38.0. The molecule has 4 nitrogen and oxygen atoms in total. The second-order valence-electron chi connectivity index (χ2n) is 5.93. The number of pyridine rings is 1. The van der Waals surface area contributed by atoms with Crippen LogP contribution in [0, 0.1) is 0 Å². The van der Waals surface area contributed by atoms with Crippen LogP contribution < -0.4 is 4.90 Å². The van der Waals surface area contributed by atoms with E-state index in [1.165, 1.54) is 0 Å². The highest BCUT2D eigenvalue weighted by Crippen LogP contribution is 2.34. The van der Waals surface area contributed by atoms with Crippen LogP contribution in [0.25, 0.3) is 0 Å². The highest BCUT2D eigenvalue weighted by molar-refractivity contribution is 6.33. The zero-order chi connectivity index (χ0) is 15.9. The Hall–Kier alpha value is -1.05. The van der Waals surface area contributed by atoms with Gasteiger partial charge in [0.25, 0.3) is 0 Å². The Kier molecular flexibility index (Phi) is 4.22. The number of hydrogen-bond acceptors (Lipinski definition) is 4. The van der Waals surface area contributed by atoms with E-state index in [4.69, 9.17) is 11.6 Å². The van der Waals surface area contributed by atoms with Gasteiger partial charge in [-0.3, -0.25) is 4.90 Å². The minimum absolute atomic E-state index is 0.0624. The van der Waals surface area contributed by atoms with Crippen molar-refractivity contribution in [3.8, 4) is 0 Å². The molecule has 122 valence electrons. The summed E-state index contributed by atoms with van der Waals surface area (Å²) in [6, 6.07) is 1.33. The predicted octanol–water partition coefficient (Wildman–Crippen LogP) is 2.19. The van der Waals surface area contributed by atoms with Crippen molar-refractivity contribution < 1.29 is 13.2 Å². The summed E-state index contributed by atoms with van der Waals surface area (Å²) in [4.78, 5) is 10.7. The first kappa shape index (κ1) is 15.8. The number of hydrogen-bond donors (Lipinski definition) is 0. The molecule has 0 bridgehead atoms. The minimum Gasteiger partial charge on any atom is -0.352 e. The molecule has 0 amide bonds. The van der Waals surface area contributed by atoms with Gasteiger partial charge in [0.15, 0.2) is 0 Å². The summed E-state index contributed by atoms with van der Waals surface area (Å²) in [7, 11) is 2.08. The number of likely N-dealkylation sites (N-methyl/N-ethyl adjacent to an activating group) is 1. The van der Waals surface area contributed by atoms with Gasteiger partial charge in [0.2, 0.25) is 0 Å². The van der Waals surface area contributed by atoms with Crippen molar-refractivity contribution >= 4 is 17.4 Å². The molecule has 2 aliphatic rings. The number of anilines is 1. The molecule has 0 N–H and O–H groups in total. The van der Waals surface area contributed by atoms with Gasteiger partial charge in [0.1, 0.15) is 5.82 Å². The number of alkyl halides is 3. The van der Waals surface area contributed by atoms with Crippen LogP contribution in [0.4, 0.5) is 19.0 Å². The summed E-state index contributed by atoms with van der Waals surface area (Å²) in [6.07, 6.45) is -3.56. The van der Waals surface area contributed by atoms with Crippen LogP contribution in [0.15, 0.2) is 12.3 Å². The first-order chi connectivity index (χ1) is 10.3. The molecule has 0 saturated carbocycles. The number of aromatic nitrogens is 1. The first-order valence-corrected chi connectivity index (χ1v) is 7.62. The van der Waals surface area contributed by atoms with Gasteiger partial charge in [0, 0.05) is 51.5 Å². The molecule has 1 aromatic heterocycles. The van der Waals surface area contributed by atoms with Gasteiger partial charge in [-0.2, -0.15) is 13.2 Å². The largest absolute Gasteiger partial charge is 0.417 e. The van der Waals surface area contributed by atoms with Gasteiger partial charge in [0.05, 0.1) is 10.6 Å². The lowest BCUT2D eigenvalue weighted by molar-refractivity contribution is -0.137. The zero-order valence-electron chi connectivity index (χ0n) is 12.3. The van der Waals surface area contributed by atoms with Crippen molar-refractivity contribution in [3.63, 3.8) is 0 Å². The molecule has 8 heteroatoms. The Balaban J connectivity index is 1.77. The first-order valence-electron chi connectivity index (χ1n) is 7.25. The Labute approximate surface area is 132 Å². The van der Waals surface area contributed by atoms with Gasteiger partial charge in [-0.05, 0) is 13.1 Å². The maximum Gasteiger partial charge on any atom is 0.417 e. The summed E-state index contributed by atoms with van der Waals surface area (Å²) in [5.41, 5.74) is -0.808. The van der Waals surface area contributed by atoms with Crippen LogP contribution in [0.3, 0.4) is 0 Å². The van der Waals surface area contributed by atoms with Gasteiger partial charge in [-0.25, -0.2) is 4.98 Å². The third-order valence-electron chi connectivity index (χ3n) is 4.34. The second-order valence-corrected chi connectivity index (χ2v) is 6.33. The quantitative estimate of drug-likeness (QED) is 0.785. The third-order valence-corrected chi connectivity index (χ3v) is 4.62. The van der Waals surface area contributed by atoms with Crippen LogP contribution in [0.5, 0.6) is 0 Å². The molecule has 0 spiro atoms. The number of halogens is 4. The number of piperazine rings is 2. The molecule has 3 rings (SSSR count). The van der Waals surface area contributed by atoms with Gasteiger partial charge in [-0.1, -0.05) is 11.6 Å². The van der Waals surface area contributed by atoms with E-state index >= 15 is 0 Å². The topological polar surface area (TPSA) is 22.6 Å². The molecule has 2 aliphatic heterocycles. The zero-order valence-corrected chi connectivity index (χ0v) is 13.0. The average Bonchev–Trinajstić information content (AvgIpc) is 2.45. The van der Waals surface area contributed by atoms with Crippen LogP contribution in [0.2, 0.25) is 5.02 Å². The lowest BCUT2D eigenvalue weighted by Gasteiger charge is -2.47. The molecule has 1 aromatic rings. The van der Waals surface area contributed by atoms with Gasteiger partial charge < -0.3 is 9.80 Å². The smallest absolute Gasteiger partial charge is 0.352 e. The average molecular weight is 335 g/mol. The number of rotatable bonds is 1. The molecular weight excluding hydrogens is 317 g/mol. The summed E-state index contributed by atoms with van der Waals surface area (Å²) in [5.74, 6) is 0.447. The van der Waals surface area contributed by atoms with Gasteiger partial charge in [-0.15, -0.1) is 0 Å². The fourth-order valence-electron chi connectivity index (χ4n) is 3.12. The van der Waals surface area contributed by atoms with E-state index in [1.54, 1.807) is 0 Å². The van der Waals surface area contributed by atoms with E-state index in [0.717, 1.165) is 51.5 Å². The fourth-order valence-corrected chi connectivity index (χ4v) is 3.41. The molecular formula is C14H18ClF3N4. The monoisotopic (exact) mass is 334 g/mol. The van der Waals surface area contributed by atoms with Crippen molar-refractivity contribution in [1.82, 2.24) is 14.8 Å². The number of fused-ring (bicyclic) bond motifs is 1.